The van der Waals surface area contributed by atoms with Crippen molar-refractivity contribution in [3.63, 3.8) is 0 Å². The Morgan fingerprint density at radius 1 is 1.40 bits per heavy atom. The third-order valence-corrected chi connectivity index (χ3v) is 3.16. The quantitative estimate of drug-likeness (QED) is 0.813. The van der Waals surface area contributed by atoms with E-state index in [0.29, 0.717) is 12.0 Å². The normalized spacial score (nSPS) is 11.6. The monoisotopic (exact) mass is 279 g/mol. The molecule has 0 atom stereocenters. The van der Waals surface area contributed by atoms with Crippen LogP contribution in [-0.2, 0) is 9.59 Å². The summed E-state index contributed by atoms with van der Waals surface area (Å²) in [7, 11) is 0. The second-order valence-electron chi connectivity index (χ2n) is 5.10. The second-order valence-corrected chi connectivity index (χ2v) is 5.10. The van der Waals surface area contributed by atoms with E-state index in [-0.39, 0.29) is 11.6 Å². The van der Waals surface area contributed by atoms with Crippen molar-refractivity contribution in [3.8, 4) is 0 Å². The van der Waals surface area contributed by atoms with E-state index in [9.17, 15) is 14.0 Å². The number of nitrogens with one attached hydrogen (secondary N) is 1. The van der Waals surface area contributed by atoms with Crippen molar-refractivity contribution in [3.05, 3.63) is 35.7 Å². The van der Waals surface area contributed by atoms with Crippen LogP contribution < -0.4 is 5.32 Å². The third-order valence-electron chi connectivity index (χ3n) is 3.16. The maximum Gasteiger partial charge on any atom is 0.328 e. The summed E-state index contributed by atoms with van der Waals surface area (Å²) in [5.74, 6) is -1.96. The molecular formula is C15H18FNO3. The Morgan fingerprint density at radius 2 is 2.05 bits per heavy atom. The average molecular weight is 279 g/mol. The van der Waals surface area contributed by atoms with E-state index in [1.807, 2.05) is 6.92 Å². The van der Waals surface area contributed by atoms with E-state index >= 15 is 0 Å². The van der Waals surface area contributed by atoms with Crippen LogP contribution in [0.25, 0.3) is 6.08 Å². The van der Waals surface area contributed by atoms with Crippen LogP contribution in [0, 0.1) is 11.2 Å². The van der Waals surface area contributed by atoms with Crippen LogP contribution in [0.15, 0.2) is 24.3 Å². The van der Waals surface area contributed by atoms with Gasteiger partial charge in [-0.05, 0) is 30.2 Å². The molecule has 0 spiro atoms. The van der Waals surface area contributed by atoms with Gasteiger partial charge in [0.2, 0.25) is 5.91 Å². The van der Waals surface area contributed by atoms with Crippen LogP contribution in [0.5, 0.6) is 0 Å². The van der Waals surface area contributed by atoms with E-state index in [2.05, 4.69) is 5.32 Å². The largest absolute Gasteiger partial charge is 0.478 e. The third kappa shape index (κ3) is 4.19. The lowest BCUT2D eigenvalue weighted by atomic mass is 9.89. The first-order valence-electron chi connectivity index (χ1n) is 6.28. The molecule has 1 amide bonds. The van der Waals surface area contributed by atoms with E-state index < -0.39 is 17.2 Å². The van der Waals surface area contributed by atoms with Crippen LogP contribution in [0.1, 0.15) is 32.8 Å². The van der Waals surface area contributed by atoms with Crippen molar-refractivity contribution in [1.82, 2.24) is 0 Å². The highest BCUT2D eigenvalue weighted by Gasteiger charge is 2.25. The summed E-state index contributed by atoms with van der Waals surface area (Å²) >= 11 is 0. The molecule has 2 N–H and O–H groups in total. The summed E-state index contributed by atoms with van der Waals surface area (Å²) in [6, 6.07) is 4.13. The van der Waals surface area contributed by atoms with Gasteiger partial charge in [-0.2, -0.15) is 0 Å². The zero-order chi connectivity index (χ0) is 15.3. The maximum atomic E-state index is 13.8. The van der Waals surface area contributed by atoms with Gasteiger partial charge >= 0.3 is 5.97 Å². The fourth-order valence-corrected chi connectivity index (χ4v) is 1.36. The van der Waals surface area contributed by atoms with E-state index in [1.165, 1.54) is 24.3 Å². The predicted molar refractivity (Wildman–Crippen MR) is 75.8 cm³/mol. The molecule has 0 aromatic heterocycles. The van der Waals surface area contributed by atoms with Crippen molar-refractivity contribution < 1.29 is 19.1 Å². The van der Waals surface area contributed by atoms with Gasteiger partial charge in [0, 0.05) is 11.5 Å². The first-order chi connectivity index (χ1) is 9.26. The van der Waals surface area contributed by atoms with Gasteiger partial charge in [-0.15, -0.1) is 0 Å². The number of carbonyl (C=O) groups excluding carboxylic acids is 1. The number of benzene rings is 1. The lowest BCUT2D eigenvalue weighted by Crippen LogP contribution is -2.30. The molecule has 0 bridgehead atoms. The van der Waals surface area contributed by atoms with Gasteiger partial charge in [0.1, 0.15) is 5.82 Å². The molecule has 0 aliphatic rings. The minimum atomic E-state index is -1.10. The molecule has 0 aliphatic carbocycles. The first kappa shape index (κ1) is 15.9. The van der Waals surface area contributed by atoms with Gasteiger partial charge in [0.25, 0.3) is 0 Å². The molecule has 108 valence electrons. The summed E-state index contributed by atoms with van der Waals surface area (Å²) in [6.07, 6.45) is 2.85. The Hall–Kier alpha value is -2.17. The second kappa shape index (κ2) is 6.32. The molecule has 0 aliphatic heterocycles. The predicted octanol–water partition coefficient (Wildman–Crippen LogP) is 3.30. The minimum Gasteiger partial charge on any atom is -0.478 e. The molecule has 0 saturated heterocycles. The number of amides is 1. The zero-order valence-corrected chi connectivity index (χ0v) is 11.7. The Bertz CT molecular complexity index is 550. The summed E-state index contributed by atoms with van der Waals surface area (Å²) < 4.78 is 13.8. The highest BCUT2D eigenvalue weighted by atomic mass is 19.1. The molecule has 1 aromatic rings. The van der Waals surface area contributed by atoms with Crippen molar-refractivity contribution in [1.29, 1.82) is 0 Å². The number of hydrogen-bond donors (Lipinski definition) is 2. The molecule has 0 saturated carbocycles. The van der Waals surface area contributed by atoms with Gasteiger partial charge in [0.05, 0.1) is 5.69 Å². The number of carboxylic acid groups (broad SMARTS) is 1. The summed E-state index contributed by atoms with van der Waals surface area (Å²) in [6.45, 7) is 5.45. The summed E-state index contributed by atoms with van der Waals surface area (Å²) in [4.78, 5) is 22.3. The van der Waals surface area contributed by atoms with Crippen LogP contribution in [0.2, 0.25) is 0 Å². The van der Waals surface area contributed by atoms with Crippen molar-refractivity contribution in [2.75, 3.05) is 5.32 Å². The molecule has 20 heavy (non-hydrogen) atoms. The van der Waals surface area contributed by atoms with Gasteiger partial charge in [0.15, 0.2) is 0 Å². The van der Waals surface area contributed by atoms with E-state index in [4.69, 9.17) is 5.11 Å². The van der Waals surface area contributed by atoms with Crippen molar-refractivity contribution >= 4 is 23.6 Å². The number of carbonyl (C=O) groups is 2. The van der Waals surface area contributed by atoms with Crippen molar-refractivity contribution in [2.24, 2.45) is 5.41 Å². The molecule has 0 unspecified atom stereocenters. The van der Waals surface area contributed by atoms with Crippen LogP contribution in [0.3, 0.4) is 0 Å². The smallest absolute Gasteiger partial charge is 0.328 e. The lowest BCUT2D eigenvalue weighted by molar-refractivity contribution is -0.131. The lowest BCUT2D eigenvalue weighted by Gasteiger charge is -2.21. The van der Waals surface area contributed by atoms with Crippen LogP contribution in [-0.4, -0.2) is 17.0 Å². The average Bonchev–Trinajstić information content (AvgIpc) is 2.38. The van der Waals surface area contributed by atoms with E-state index in [0.717, 1.165) is 6.08 Å². The highest BCUT2D eigenvalue weighted by Crippen LogP contribution is 2.24. The standard InChI is InChI=1S/C15H18FNO3/c1-4-15(2,3)14(20)17-12-7-5-10(9-11(12)16)6-8-13(18)19/h5-9H,4H2,1-3H3,(H,17,20)(H,18,19). The molecular weight excluding hydrogens is 261 g/mol. The zero-order valence-electron chi connectivity index (χ0n) is 11.7. The number of anilines is 1. The molecule has 5 heteroatoms. The number of aliphatic carboxylic acids is 1. The van der Waals surface area contributed by atoms with Crippen LogP contribution >= 0.6 is 0 Å². The van der Waals surface area contributed by atoms with Gasteiger partial charge in [-0.25, -0.2) is 9.18 Å². The molecule has 4 nitrogen and oxygen atoms in total. The van der Waals surface area contributed by atoms with Gasteiger partial charge < -0.3 is 10.4 Å². The summed E-state index contributed by atoms with van der Waals surface area (Å²) in [5.41, 5.74) is -0.0735. The topological polar surface area (TPSA) is 66.4 Å². The highest BCUT2D eigenvalue weighted by molar-refractivity contribution is 5.95. The molecule has 0 heterocycles. The Morgan fingerprint density at radius 3 is 2.55 bits per heavy atom. The Balaban J connectivity index is 2.89. The number of rotatable bonds is 5. The Kier molecular flexibility index (Phi) is 5.02. The Labute approximate surface area is 117 Å². The fraction of sp³-hybridized carbons (Fsp3) is 0.333. The first-order valence-corrected chi connectivity index (χ1v) is 6.28. The van der Waals surface area contributed by atoms with Gasteiger partial charge in [-0.1, -0.05) is 26.8 Å². The number of halogens is 1. The summed E-state index contributed by atoms with van der Waals surface area (Å²) in [5, 5.41) is 11.0. The van der Waals surface area contributed by atoms with Crippen molar-refractivity contribution in [2.45, 2.75) is 27.2 Å². The minimum absolute atomic E-state index is 0.0870. The number of hydrogen-bond acceptors (Lipinski definition) is 2. The molecule has 0 fully saturated rings. The number of carboxylic acids is 1. The maximum absolute atomic E-state index is 13.8. The fourth-order valence-electron chi connectivity index (χ4n) is 1.36. The van der Waals surface area contributed by atoms with E-state index in [1.54, 1.807) is 13.8 Å². The molecule has 1 aromatic carbocycles. The SMILES string of the molecule is CCC(C)(C)C(=O)Nc1ccc(C=CC(=O)O)cc1F. The van der Waals surface area contributed by atoms with Gasteiger partial charge in [-0.3, -0.25) is 4.79 Å². The molecule has 1 rings (SSSR count). The molecule has 0 radical (unpaired) electrons. The van der Waals surface area contributed by atoms with Crippen LogP contribution in [0.4, 0.5) is 10.1 Å².